The molecule has 0 amide bonds. The predicted octanol–water partition coefficient (Wildman–Crippen LogP) is 3.13. The second kappa shape index (κ2) is 5.02. The van der Waals surface area contributed by atoms with E-state index in [0.29, 0.717) is 0 Å². The molecule has 0 aliphatic carbocycles. The molecule has 0 atom stereocenters. The minimum absolute atomic E-state index is 0.828. The van der Waals surface area contributed by atoms with Crippen LogP contribution in [0.3, 0.4) is 0 Å². The Morgan fingerprint density at radius 1 is 0.944 bits per heavy atom. The Kier molecular flexibility index (Phi) is 4.78. The third kappa shape index (κ3) is 4.79. The van der Waals surface area contributed by atoms with Crippen molar-refractivity contribution >= 4 is 19.3 Å². The summed E-state index contributed by atoms with van der Waals surface area (Å²) in [6.45, 7) is 4.33. The van der Waals surface area contributed by atoms with Crippen molar-refractivity contribution in [1.29, 1.82) is 0 Å². The largest absolute Gasteiger partial charge is 0.407 e. The Balaban J connectivity index is 5.10. The van der Waals surface area contributed by atoms with Crippen LogP contribution in [0, 0.1) is 5.92 Å². The van der Waals surface area contributed by atoms with E-state index in [4.69, 9.17) is 0 Å². The van der Waals surface area contributed by atoms with Gasteiger partial charge in [-0.05, 0) is 0 Å². The van der Waals surface area contributed by atoms with Crippen molar-refractivity contribution in [2.24, 2.45) is 5.92 Å². The number of carbonyl (C=O) groups excluding carboxylic acids is 2. The fraction of sp³-hybridized carbons (Fsp3) is 0.778. The van der Waals surface area contributed by atoms with E-state index in [1.807, 2.05) is 0 Å². The van der Waals surface area contributed by atoms with Crippen molar-refractivity contribution in [2.45, 2.75) is 38.4 Å². The Morgan fingerprint density at radius 2 is 1.28 bits per heavy atom. The van der Waals surface area contributed by atoms with Crippen LogP contribution in [-0.2, 0) is 9.59 Å². The maximum atomic E-state index is 12.2. The van der Waals surface area contributed by atoms with Crippen LogP contribution in [0.25, 0.3) is 0 Å². The molecule has 0 aromatic rings. The Bertz CT molecular complexity index is 324. The molecule has 9 heteroatoms. The molecule has 0 aliphatic heterocycles. The molecule has 0 rings (SSSR count). The maximum absolute atomic E-state index is 12.2. The lowest BCUT2D eigenvalue weighted by Gasteiger charge is -2.22. The fourth-order valence-electron chi connectivity index (χ4n) is 1.08. The van der Waals surface area contributed by atoms with Gasteiger partial charge in [0.25, 0.3) is 0 Å². The van der Waals surface area contributed by atoms with Gasteiger partial charge in [0.2, 0.25) is 5.92 Å². The zero-order chi connectivity index (χ0) is 14.9. The molecule has 0 saturated heterocycles. The highest BCUT2D eigenvalue weighted by atomic mass is 28.3. The standard InChI is InChI=1S/C9H12F6O2Si/c1-18(2,3)6(17)4-5(16)7(8(10,11)12)9(13,14)15/h7H,4H2,1-3H3. The lowest BCUT2D eigenvalue weighted by atomic mass is 10.0. The lowest BCUT2D eigenvalue weighted by Crippen LogP contribution is -2.45. The van der Waals surface area contributed by atoms with Gasteiger partial charge in [0, 0.05) is 0 Å². The van der Waals surface area contributed by atoms with Crippen LogP contribution in [0.2, 0.25) is 19.6 Å². The first-order valence-corrected chi connectivity index (χ1v) is 8.37. The van der Waals surface area contributed by atoms with Crippen molar-refractivity contribution in [3.05, 3.63) is 0 Å². The molecule has 0 heterocycles. The smallest absolute Gasteiger partial charge is 0.305 e. The average Bonchev–Trinajstić information content (AvgIpc) is 1.94. The molecule has 0 spiro atoms. The second-order valence-corrected chi connectivity index (χ2v) is 9.89. The molecule has 106 valence electrons. The molecule has 0 fully saturated rings. The molecule has 0 aromatic carbocycles. The van der Waals surface area contributed by atoms with Gasteiger partial charge in [-0.2, -0.15) is 26.3 Å². The van der Waals surface area contributed by atoms with Crippen molar-refractivity contribution in [3.8, 4) is 0 Å². The molecule has 18 heavy (non-hydrogen) atoms. The summed E-state index contributed by atoms with van der Waals surface area (Å²) in [5, 5.41) is -0.828. The second-order valence-electron chi connectivity index (χ2n) is 4.83. The fourth-order valence-corrected chi connectivity index (χ4v) is 1.78. The molecule has 0 radical (unpaired) electrons. The topological polar surface area (TPSA) is 34.1 Å². The molecule has 0 unspecified atom stereocenters. The van der Waals surface area contributed by atoms with Crippen molar-refractivity contribution in [2.75, 3.05) is 0 Å². The number of halogens is 6. The highest BCUT2D eigenvalue weighted by Crippen LogP contribution is 2.40. The number of rotatable bonds is 4. The monoisotopic (exact) mass is 294 g/mol. The average molecular weight is 294 g/mol. The van der Waals surface area contributed by atoms with Crippen LogP contribution >= 0.6 is 0 Å². The summed E-state index contributed by atoms with van der Waals surface area (Å²) >= 11 is 0. The van der Waals surface area contributed by atoms with Crippen LogP contribution < -0.4 is 0 Å². The van der Waals surface area contributed by atoms with Crippen LogP contribution in [-0.4, -0.2) is 31.6 Å². The molecular weight excluding hydrogens is 282 g/mol. The zero-order valence-corrected chi connectivity index (χ0v) is 10.9. The number of carbonyl (C=O) groups is 2. The molecule has 0 aromatic heterocycles. The summed E-state index contributed by atoms with van der Waals surface area (Å²) < 4.78 is 73.0. The minimum Gasteiger partial charge on any atom is -0.305 e. The summed E-state index contributed by atoms with van der Waals surface area (Å²) in [4.78, 5) is 22.4. The number of alkyl halides is 6. The van der Waals surface area contributed by atoms with Crippen molar-refractivity contribution in [1.82, 2.24) is 0 Å². The normalized spacial score (nSPS) is 13.9. The molecule has 0 saturated carbocycles. The number of Topliss-reactive ketones (excluding diaryl/α,β-unsaturated/α-hetero) is 1. The first kappa shape index (κ1) is 17.1. The first-order valence-electron chi connectivity index (χ1n) is 4.87. The van der Waals surface area contributed by atoms with E-state index in [0.717, 1.165) is 0 Å². The number of hydrogen-bond donors (Lipinski definition) is 0. The number of hydrogen-bond acceptors (Lipinski definition) is 2. The molecule has 0 aliphatic rings. The third-order valence-electron chi connectivity index (χ3n) is 2.15. The van der Waals surface area contributed by atoms with Gasteiger partial charge in [-0.1, -0.05) is 19.6 Å². The SMILES string of the molecule is C[Si](C)(C)C(=O)CC(=O)C(C(F)(F)F)C(F)(F)F. The Labute approximate surface area is 100 Å². The van der Waals surface area contributed by atoms with Crippen LogP contribution in [0.5, 0.6) is 0 Å². The van der Waals surface area contributed by atoms with Crippen molar-refractivity contribution < 1.29 is 35.9 Å². The summed E-state index contributed by atoms with van der Waals surface area (Å²) in [5.74, 6) is -6.22. The first-order chi connectivity index (χ1) is 7.67. The Hall–Kier alpha value is -0.863. The molecule has 0 bridgehead atoms. The number of ketones is 1. The quantitative estimate of drug-likeness (QED) is 0.453. The van der Waals surface area contributed by atoms with Gasteiger partial charge in [0.15, 0.2) is 5.78 Å². The van der Waals surface area contributed by atoms with Gasteiger partial charge in [0.05, 0.1) is 6.42 Å². The van der Waals surface area contributed by atoms with Crippen LogP contribution in [0.4, 0.5) is 26.3 Å². The predicted molar refractivity (Wildman–Crippen MR) is 53.6 cm³/mol. The van der Waals surface area contributed by atoms with Gasteiger partial charge in [0.1, 0.15) is 13.5 Å². The van der Waals surface area contributed by atoms with Crippen LogP contribution in [0.1, 0.15) is 6.42 Å². The summed E-state index contributed by atoms with van der Waals surface area (Å²) in [7, 11) is -2.58. The highest BCUT2D eigenvalue weighted by Gasteiger charge is 2.60. The van der Waals surface area contributed by atoms with Gasteiger partial charge < -0.3 is 4.79 Å². The van der Waals surface area contributed by atoms with E-state index in [1.165, 1.54) is 19.6 Å². The van der Waals surface area contributed by atoms with Gasteiger partial charge >= 0.3 is 12.4 Å². The summed E-state index contributed by atoms with van der Waals surface area (Å²) in [6, 6.07) is 0. The van der Waals surface area contributed by atoms with E-state index in [2.05, 4.69) is 0 Å². The Morgan fingerprint density at radius 3 is 1.50 bits per heavy atom. The molecule has 2 nitrogen and oxygen atoms in total. The maximum Gasteiger partial charge on any atom is 0.407 e. The summed E-state index contributed by atoms with van der Waals surface area (Å²) in [6.07, 6.45) is -12.8. The third-order valence-corrected chi connectivity index (χ3v) is 4.00. The van der Waals surface area contributed by atoms with Gasteiger partial charge in [-0.25, -0.2) is 0 Å². The lowest BCUT2D eigenvalue weighted by molar-refractivity contribution is -0.273. The van der Waals surface area contributed by atoms with E-state index in [9.17, 15) is 35.9 Å². The molecule has 0 N–H and O–H groups in total. The summed E-state index contributed by atoms with van der Waals surface area (Å²) in [5.41, 5.74) is 0. The van der Waals surface area contributed by atoms with Gasteiger partial charge in [-0.15, -0.1) is 0 Å². The zero-order valence-electron chi connectivity index (χ0n) is 9.87. The van der Waals surface area contributed by atoms with Crippen LogP contribution in [0.15, 0.2) is 0 Å². The highest BCUT2D eigenvalue weighted by molar-refractivity contribution is 7.03. The van der Waals surface area contributed by atoms with Gasteiger partial charge in [-0.3, -0.25) is 4.79 Å². The minimum atomic E-state index is -5.73. The van der Waals surface area contributed by atoms with E-state index in [-0.39, 0.29) is 0 Å². The molecular formula is C9H12F6O2Si. The van der Waals surface area contributed by atoms with Crippen molar-refractivity contribution in [3.63, 3.8) is 0 Å². The van der Waals surface area contributed by atoms with E-state index >= 15 is 0 Å². The van der Waals surface area contributed by atoms with E-state index in [1.54, 1.807) is 0 Å². The van der Waals surface area contributed by atoms with E-state index < -0.39 is 44.0 Å².